The molecule has 5 rings (SSSR count). The van der Waals surface area contributed by atoms with Gasteiger partial charge in [0.1, 0.15) is 23.9 Å². The fraction of sp³-hybridized carbons (Fsp3) is 0.406. The zero-order valence-corrected chi connectivity index (χ0v) is 22.0. The SMILES string of the molecule is COc1ccc(F)c(-c2ccc(COc3cccc([C@@H](CC(=O)O)CC4CC4)c3)cc2CN2CCCC2)c1. The Labute approximate surface area is 224 Å². The highest BCUT2D eigenvalue weighted by atomic mass is 19.1. The lowest BCUT2D eigenvalue weighted by atomic mass is 9.90. The van der Waals surface area contributed by atoms with Gasteiger partial charge < -0.3 is 14.6 Å². The van der Waals surface area contributed by atoms with Crippen molar-refractivity contribution in [3.8, 4) is 22.6 Å². The molecule has 1 N–H and O–H groups in total. The largest absolute Gasteiger partial charge is 0.497 e. The predicted molar refractivity (Wildman–Crippen MR) is 146 cm³/mol. The normalized spacial score (nSPS) is 16.4. The highest BCUT2D eigenvalue weighted by Crippen LogP contribution is 2.40. The third-order valence-corrected chi connectivity index (χ3v) is 7.70. The van der Waals surface area contributed by atoms with Crippen LogP contribution in [0.15, 0.2) is 60.7 Å². The maximum absolute atomic E-state index is 14.9. The average molecular weight is 518 g/mol. The van der Waals surface area contributed by atoms with Crippen LogP contribution >= 0.6 is 0 Å². The fourth-order valence-corrected chi connectivity index (χ4v) is 5.48. The quantitative estimate of drug-likeness (QED) is 0.279. The van der Waals surface area contributed by atoms with E-state index in [1.165, 1.54) is 31.7 Å². The number of aliphatic carboxylic acids is 1. The Morgan fingerprint density at radius 3 is 2.58 bits per heavy atom. The van der Waals surface area contributed by atoms with Gasteiger partial charge in [-0.1, -0.05) is 43.2 Å². The number of carboxylic acid groups (broad SMARTS) is 1. The third-order valence-electron chi connectivity index (χ3n) is 7.70. The van der Waals surface area contributed by atoms with Crippen LogP contribution in [-0.4, -0.2) is 36.2 Å². The van der Waals surface area contributed by atoms with Gasteiger partial charge in [-0.3, -0.25) is 9.69 Å². The first kappa shape index (κ1) is 26.2. The standard InChI is InChI=1S/C32H36FNO4/c1-37-27-10-12-31(33)30(19-27)29-11-9-23(16-26(29)20-34-13-2-3-14-34)21-38-28-6-4-5-24(17-28)25(18-32(35)36)15-22-7-8-22/h4-6,9-12,16-17,19,22,25H,2-3,7-8,13-15,18,20-21H2,1H3,(H,35,36)/t25-/m1/s1. The van der Waals surface area contributed by atoms with E-state index >= 15 is 0 Å². The first-order valence-electron chi connectivity index (χ1n) is 13.6. The summed E-state index contributed by atoms with van der Waals surface area (Å²) in [4.78, 5) is 13.9. The minimum atomic E-state index is -0.764. The summed E-state index contributed by atoms with van der Waals surface area (Å²) < 4.78 is 26.4. The van der Waals surface area contributed by atoms with Crippen molar-refractivity contribution < 1.29 is 23.8 Å². The van der Waals surface area contributed by atoms with Gasteiger partial charge in [-0.15, -0.1) is 0 Å². The molecule has 38 heavy (non-hydrogen) atoms. The van der Waals surface area contributed by atoms with E-state index in [4.69, 9.17) is 9.47 Å². The second kappa shape index (κ2) is 12.0. The molecule has 1 aliphatic heterocycles. The summed E-state index contributed by atoms with van der Waals surface area (Å²) in [7, 11) is 1.59. The molecule has 0 amide bonds. The maximum atomic E-state index is 14.9. The molecule has 3 aromatic carbocycles. The number of hydrogen-bond donors (Lipinski definition) is 1. The van der Waals surface area contributed by atoms with Gasteiger partial charge in [0.05, 0.1) is 13.5 Å². The molecule has 0 aromatic heterocycles. The van der Waals surface area contributed by atoms with Crippen molar-refractivity contribution in [3.05, 3.63) is 83.2 Å². The lowest BCUT2D eigenvalue weighted by Crippen LogP contribution is -2.19. The number of ether oxygens (including phenoxy) is 2. The Balaban J connectivity index is 1.36. The van der Waals surface area contributed by atoms with E-state index in [2.05, 4.69) is 11.0 Å². The Hall–Kier alpha value is -3.38. The number of benzene rings is 3. The lowest BCUT2D eigenvalue weighted by molar-refractivity contribution is -0.137. The average Bonchev–Trinajstić information content (AvgIpc) is 3.59. The van der Waals surface area contributed by atoms with E-state index in [0.29, 0.717) is 23.8 Å². The van der Waals surface area contributed by atoms with Crippen LogP contribution in [0.4, 0.5) is 4.39 Å². The number of carbonyl (C=O) groups is 1. The summed E-state index contributed by atoms with van der Waals surface area (Å²) in [6, 6.07) is 18.8. The number of hydrogen-bond acceptors (Lipinski definition) is 4. The molecule has 1 heterocycles. The molecule has 0 spiro atoms. The highest BCUT2D eigenvalue weighted by molar-refractivity contribution is 5.70. The molecule has 1 saturated carbocycles. The molecule has 2 aliphatic rings. The van der Waals surface area contributed by atoms with Gasteiger partial charge in [0, 0.05) is 12.1 Å². The Morgan fingerprint density at radius 2 is 1.84 bits per heavy atom. The van der Waals surface area contributed by atoms with Crippen LogP contribution in [0.3, 0.4) is 0 Å². The number of methoxy groups -OCH3 is 1. The van der Waals surface area contributed by atoms with Crippen LogP contribution in [0.1, 0.15) is 61.1 Å². The summed E-state index contributed by atoms with van der Waals surface area (Å²) in [5, 5.41) is 9.41. The van der Waals surface area contributed by atoms with Crippen LogP contribution in [0, 0.1) is 11.7 Å². The highest BCUT2D eigenvalue weighted by Gasteiger charge is 2.28. The molecular weight excluding hydrogens is 481 g/mol. The van der Waals surface area contributed by atoms with Crippen molar-refractivity contribution in [2.24, 2.45) is 5.92 Å². The van der Waals surface area contributed by atoms with Gasteiger partial charge in [-0.2, -0.15) is 0 Å². The van der Waals surface area contributed by atoms with Crippen molar-refractivity contribution in [3.63, 3.8) is 0 Å². The van der Waals surface area contributed by atoms with Crippen molar-refractivity contribution >= 4 is 5.97 Å². The van der Waals surface area contributed by atoms with E-state index < -0.39 is 5.97 Å². The fourth-order valence-electron chi connectivity index (χ4n) is 5.48. The molecule has 6 heteroatoms. The summed E-state index contributed by atoms with van der Waals surface area (Å²) in [5.74, 6) is 0.983. The lowest BCUT2D eigenvalue weighted by Gasteiger charge is -2.20. The van der Waals surface area contributed by atoms with Gasteiger partial charge in [0.25, 0.3) is 0 Å². The first-order valence-corrected chi connectivity index (χ1v) is 13.6. The Bertz CT molecular complexity index is 1270. The molecule has 3 aromatic rings. The summed E-state index contributed by atoms with van der Waals surface area (Å²) in [6.45, 7) is 3.23. The molecular formula is C32H36FNO4. The molecule has 200 valence electrons. The second-order valence-electron chi connectivity index (χ2n) is 10.7. The Kier molecular flexibility index (Phi) is 8.28. The second-order valence-corrected chi connectivity index (χ2v) is 10.7. The van der Waals surface area contributed by atoms with Gasteiger partial charge >= 0.3 is 5.97 Å². The Morgan fingerprint density at radius 1 is 1.03 bits per heavy atom. The van der Waals surface area contributed by atoms with Crippen molar-refractivity contribution in [2.45, 2.75) is 57.6 Å². The van der Waals surface area contributed by atoms with Gasteiger partial charge in [0.2, 0.25) is 0 Å². The number of nitrogens with zero attached hydrogens (tertiary/aromatic N) is 1. The number of rotatable bonds is 12. The zero-order chi connectivity index (χ0) is 26.5. The van der Waals surface area contributed by atoms with E-state index in [1.807, 2.05) is 36.4 Å². The summed E-state index contributed by atoms with van der Waals surface area (Å²) in [5.41, 5.74) is 4.52. The van der Waals surface area contributed by atoms with E-state index in [1.54, 1.807) is 19.2 Å². The minimum Gasteiger partial charge on any atom is -0.497 e. The maximum Gasteiger partial charge on any atom is 0.303 e. The molecule has 0 unspecified atom stereocenters. The molecule has 1 saturated heterocycles. The molecule has 1 aliphatic carbocycles. The van der Waals surface area contributed by atoms with Crippen LogP contribution < -0.4 is 9.47 Å². The smallest absolute Gasteiger partial charge is 0.303 e. The number of halogens is 1. The number of likely N-dealkylation sites (tertiary alicyclic amines) is 1. The third kappa shape index (κ3) is 6.73. The van der Waals surface area contributed by atoms with E-state index in [-0.39, 0.29) is 18.2 Å². The van der Waals surface area contributed by atoms with Crippen LogP contribution in [-0.2, 0) is 17.9 Å². The molecule has 2 fully saturated rings. The van der Waals surface area contributed by atoms with Gasteiger partial charge in [-0.25, -0.2) is 4.39 Å². The van der Waals surface area contributed by atoms with Crippen LogP contribution in [0.25, 0.3) is 11.1 Å². The van der Waals surface area contributed by atoms with Crippen molar-refractivity contribution in [2.75, 3.05) is 20.2 Å². The number of carboxylic acids is 1. The predicted octanol–water partition coefficient (Wildman–Crippen LogP) is 7.03. The van der Waals surface area contributed by atoms with Crippen molar-refractivity contribution in [1.29, 1.82) is 0 Å². The first-order chi connectivity index (χ1) is 18.5. The summed E-state index contributed by atoms with van der Waals surface area (Å²) in [6.07, 6.45) is 5.82. The molecule has 0 bridgehead atoms. The molecule has 0 radical (unpaired) electrons. The summed E-state index contributed by atoms with van der Waals surface area (Å²) >= 11 is 0. The monoisotopic (exact) mass is 517 g/mol. The van der Waals surface area contributed by atoms with Gasteiger partial charge in [0.15, 0.2) is 0 Å². The zero-order valence-electron chi connectivity index (χ0n) is 22.0. The topological polar surface area (TPSA) is 59.0 Å². The van der Waals surface area contributed by atoms with Gasteiger partial charge in [-0.05, 0) is 96.8 Å². The minimum absolute atomic E-state index is 0.00709. The van der Waals surface area contributed by atoms with E-state index in [9.17, 15) is 14.3 Å². The van der Waals surface area contributed by atoms with Crippen LogP contribution in [0.5, 0.6) is 11.5 Å². The van der Waals surface area contributed by atoms with E-state index in [0.717, 1.165) is 54.1 Å². The van der Waals surface area contributed by atoms with Crippen LogP contribution in [0.2, 0.25) is 0 Å². The molecule has 1 atom stereocenters. The molecule has 5 nitrogen and oxygen atoms in total. The van der Waals surface area contributed by atoms with Crippen molar-refractivity contribution in [1.82, 2.24) is 4.90 Å².